The molecule has 1 aromatic carbocycles. The lowest BCUT2D eigenvalue weighted by Crippen LogP contribution is -2.31. The van der Waals surface area contributed by atoms with Crippen LogP contribution in [-0.4, -0.2) is 41.9 Å². The number of hydrogen-bond donors (Lipinski definition) is 1. The minimum absolute atomic E-state index is 0.0256. The van der Waals surface area contributed by atoms with Crippen molar-refractivity contribution in [1.82, 2.24) is 14.5 Å². The fourth-order valence-electron chi connectivity index (χ4n) is 2.00. The Labute approximate surface area is 145 Å². The molecule has 1 aromatic heterocycles. The van der Waals surface area contributed by atoms with Crippen LogP contribution >= 0.6 is 0 Å². The molecule has 0 saturated heterocycles. The smallest absolute Gasteiger partial charge is 0.322 e. The van der Waals surface area contributed by atoms with Crippen LogP contribution in [0.5, 0.6) is 0 Å². The van der Waals surface area contributed by atoms with Crippen LogP contribution in [0.15, 0.2) is 58.9 Å². The van der Waals surface area contributed by atoms with Gasteiger partial charge in [-0.1, -0.05) is 17.3 Å². The molecule has 0 radical (unpaired) electrons. The summed E-state index contributed by atoms with van der Waals surface area (Å²) in [5.41, 5.74) is 0.258. The number of carbonyl (C=O) groups excluding carboxylic acids is 1. The first-order valence-electron chi connectivity index (χ1n) is 7.32. The van der Waals surface area contributed by atoms with Gasteiger partial charge in [-0.15, -0.1) is 18.3 Å². The highest BCUT2D eigenvalue weighted by atomic mass is 32.2. The molecule has 1 amide bonds. The lowest BCUT2D eigenvalue weighted by molar-refractivity contribution is 0.102. The Bertz CT molecular complexity index is 862. The first-order chi connectivity index (χ1) is 11.9. The Morgan fingerprint density at radius 2 is 1.80 bits per heavy atom. The Balaban J connectivity index is 2.19. The zero-order valence-corrected chi connectivity index (χ0v) is 14.5. The molecule has 2 aromatic rings. The van der Waals surface area contributed by atoms with E-state index in [2.05, 4.69) is 28.7 Å². The van der Waals surface area contributed by atoms with Gasteiger partial charge in [-0.25, -0.2) is 8.42 Å². The highest BCUT2D eigenvalue weighted by Crippen LogP contribution is 2.17. The second-order valence-electron chi connectivity index (χ2n) is 5.00. The van der Waals surface area contributed by atoms with Crippen molar-refractivity contribution in [3.05, 3.63) is 61.0 Å². The van der Waals surface area contributed by atoms with Gasteiger partial charge in [0.15, 0.2) is 0 Å². The van der Waals surface area contributed by atoms with E-state index in [1.54, 1.807) is 6.92 Å². The first-order valence-corrected chi connectivity index (χ1v) is 8.76. The standard InChI is InChI=1S/C16H18N4O4S/c1-4-10-20(11-5-2)25(22,23)14-8-6-13(7-9-14)15(21)17-16-19-18-12(3)24-16/h4-9H,1-2,10-11H2,3H3,(H,17,19,21). The predicted molar refractivity (Wildman–Crippen MR) is 92.6 cm³/mol. The van der Waals surface area contributed by atoms with Gasteiger partial charge in [0.1, 0.15) is 0 Å². The summed E-state index contributed by atoms with van der Waals surface area (Å²) in [7, 11) is -3.71. The van der Waals surface area contributed by atoms with Gasteiger partial charge in [0, 0.05) is 25.6 Å². The fraction of sp³-hybridized carbons (Fsp3) is 0.188. The lowest BCUT2D eigenvalue weighted by atomic mass is 10.2. The maximum atomic E-state index is 12.6. The summed E-state index contributed by atoms with van der Waals surface area (Å²) in [5.74, 6) is -0.164. The van der Waals surface area contributed by atoms with Gasteiger partial charge in [0.05, 0.1) is 4.90 Å². The van der Waals surface area contributed by atoms with Gasteiger partial charge < -0.3 is 4.42 Å². The Morgan fingerprint density at radius 1 is 1.20 bits per heavy atom. The monoisotopic (exact) mass is 362 g/mol. The van der Waals surface area contributed by atoms with Crippen LogP contribution in [0.25, 0.3) is 0 Å². The molecule has 1 N–H and O–H groups in total. The summed E-state index contributed by atoms with van der Waals surface area (Å²) in [6.45, 7) is 9.03. The van der Waals surface area contributed by atoms with Gasteiger partial charge in [0.2, 0.25) is 15.9 Å². The fourth-order valence-corrected chi connectivity index (χ4v) is 3.38. The van der Waals surface area contributed by atoms with Crippen LogP contribution in [0.3, 0.4) is 0 Å². The molecule has 0 aliphatic heterocycles. The van der Waals surface area contributed by atoms with Crippen LogP contribution < -0.4 is 5.32 Å². The van der Waals surface area contributed by atoms with Crippen LogP contribution in [-0.2, 0) is 10.0 Å². The summed E-state index contributed by atoms with van der Waals surface area (Å²) >= 11 is 0. The number of carbonyl (C=O) groups is 1. The second-order valence-corrected chi connectivity index (χ2v) is 6.94. The number of aromatic nitrogens is 2. The van der Waals surface area contributed by atoms with E-state index in [9.17, 15) is 13.2 Å². The van der Waals surface area contributed by atoms with E-state index >= 15 is 0 Å². The van der Waals surface area contributed by atoms with Crippen molar-refractivity contribution >= 4 is 21.9 Å². The highest BCUT2D eigenvalue weighted by Gasteiger charge is 2.22. The van der Waals surface area contributed by atoms with E-state index in [4.69, 9.17) is 4.42 Å². The molecular weight excluding hydrogens is 344 g/mol. The molecule has 8 nitrogen and oxygen atoms in total. The first kappa shape index (κ1) is 18.6. The zero-order chi connectivity index (χ0) is 18.4. The molecule has 9 heteroatoms. The molecule has 0 saturated carbocycles. The predicted octanol–water partition coefficient (Wildman–Crippen LogP) is 1.99. The molecule has 1 heterocycles. The summed E-state index contributed by atoms with van der Waals surface area (Å²) in [6, 6.07) is 5.52. The van der Waals surface area contributed by atoms with Gasteiger partial charge >= 0.3 is 6.01 Å². The molecule has 0 aliphatic carbocycles. The van der Waals surface area contributed by atoms with Crippen LogP contribution in [0.2, 0.25) is 0 Å². The third-order valence-corrected chi connectivity index (χ3v) is 5.01. The third-order valence-electron chi connectivity index (χ3n) is 3.17. The van der Waals surface area contributed by atoms with Crippen molar-refractivity contribution < 1.29 is 17.6 Å². The topological polar surface area (TPSA) is 105 Å². The number of anilines is 1. The molecule has 0 spiro atoms. The molecule has 132 valence electrons. The van der Waals surface area contributed by atoms with E-state index < -0.39 is 15.9 Å². The number of benzene rings is 1. The number of nitrogens with zero attached hydrogens (tertiary/aromatic N) is 3. The molecule has 25 heavy (non-hydrogen) atoms. The highest BCUT2D eigenvalue weighted by molar-refractivity contribution is 7.89. The van der Waals surface area contributed by atoms with E-state index in [0.717, 1.165) is 0 Å². The number of hydrogen-bond acceptors (Lipinski definition) is 6. The van der Waals surface area contributed by atoms with Crippen LogP contribution in [0, 0.1) is 6.92 Å². The van der Waals surface area contributed by atoms with E-state index in [0.29, 0.717) is 5.89 Å². The van der Waals surface area contributed by atoms with Gasteiger partial charge in [0.25, 0.3) is 5.91 Å². The van der Waals surface area contributed by atoms with Crippen LogP contribution in [0.4, 0.5) is 6.01 Å². The van der Waals surface area contributed by atoms with Gasteiger partial charge in [-0.3, -0.25) is 10.1 Å². The summed E-state index contributed by atoms with van der Waals surface area (Å²) in [5, 5.41) is 9.70. The quantitative estimate of drug-likeness (QED) is 0.720. The maximum Gasteiger partial charge on any atom is 0.322 e. The zero-order valence-electron chi connectivity index (χ0n) is 13.7. The van der Waals surface area contributed by atoms with E-state index in [1.807, 2.05) is 0 Å². The second kappa shape index (κ2) is 7.86. The SMILES string of the molecule is C=CCN(CC=C)S(=O)(=O)c1ccc(C(=O)Nc2nnc(C)o2)cc1. The minimum Gasteiger partial charge on any atom is -0.408 e. The van der Waals surface area contributed by atoms with Crippen LogP contribution in [0.1, 0.15) is 16.2 Å². The summed E-state index contributed by atoms with van der Waals surface area (Å²) in [6.07, 6.45) is 2.99. The van der Waals surface area contributed by atoms with E-state index in [1.165, 1.54) is 40.7 Å². The largest absolute Gasteiger partial charge is 0.408 e. The van der Waals surface area contributed by atoms with Crippen molar-refractivity contribution in [2.45, 2.75) is 11.8 Å². The normalized spacial score (nSPS) is 11.3. The van der Waals surface area contributed by atoms with Crippen molar-refractivity contribution in [3.8, 4) is 0 Å². The average Bonchev–Trinajstić information content (AvgIpc) is 2.99. The Morgan fingerprint density at radius 3 is 2.28 bits per heavy atom. The number of sulfonamides is 1. The molecule has 2 rings (SSSR count). The molecule has 0 fully saturated rings. The number of aryl methyl sites for hydroxylation is 1. The number of nitrogens with one attached hydrogen (secondary N) is 1. The third kappa shape index (κ3) is 4.40. The Kier molecular flexibility index (Phi) is 5.84. The average molecular weight is 362 g/mol. The van der Waals surface area contributed by atoms with Crippen molar-refractivity contribution in [3.63, 3.8) is 0 Å². The number of amides is 1. The molecule has 0 bridgehead atoms. The molecule has 0 aliphatic rings. The lowest BCUT2D eigenvalue weighted by Gasteiger charge is -2.19. The maximum absolute atomic E-state index is 12.6. The summed E-state index contributed by atoms with van der Waals surface area (Å²) < 4.78 is 31.5. The van der Waals surface area contributed by atoms with Crippen molar-refractivity contribution in [2.75, 3.05) is 18.4 Å². The number of rotatable bonds is 8. The van der Waals surface area contributed by atoms with Crippen molar-refractivity contribution in [2.24, 2.45) is 0 Å². The molecular formula is C16H18N4O4S. The Hall–Kier alpha value is -2.78. The molecule has 0 unspecified atom stereocenters. The minimum atomic E-state index is -3.71. The molecule has 0 atom stereocenters. The van der Waals surface area contributed by atoms with Gasteiger partial charge in [-0.2, -0.15) is 4.31 Å². The summed E-state index contributed by atoms with van der Waals surface area (Å²) in [4.78, 5) is 12.2. The van der Waals surface area contributed by atoms with E-state index in [-0.39, 0.29) is 29.6 Å². The van der Waals surface area contributed by atoms with Crippen molar-refractivity contribution in [1.29, 1.82) is 0 Å². The van der Waals surface area contributed by atoms with Gasteiger partial charge in [-0.05, 0) is 24.3 Å².